The Hall–Kier alpha value is -2.41. The van der Waals surface area contributed by atoms with Gasteiger partial charge in [0.1, 0.15) is 11.4 Å². The lowest BCUT2D eigenvalue weighted by Gasteiger charge is -2.03. The summed E-state index contributed by atoms with van der Waals surface area (Å²) < 4.78 is 23.8. The number of hydrazone groups is 1. The van der Waals surface area contributed by atoms with Gasteiger partial charge in [-0.15, -0.1) is 0 Å². The van der Waals surface area contributed by atoms with Crippen molar-refractivity contribution in [3.05, 3.63) is 53.9 Å². The Bertz CT molecular complexity index is 725. The molecule has 1 heterocycles. The van der Waals surface area contributed by atoms with E-state index in [4.69, 9.17) is 0 Å². The number of benzene rings is 1. The number of sulfonamides is 1. The zero-order valence-electron chi connectivity index (χ0n) is 10.7. The van der Waals surface area contributed by atoms with Gasteiger partial charge in [0.05, 0.1) is 11.1 Å². The topological polar surface area (TPSA) is 91.7 Å². The summed E-state index contributed by atoms with van der Waals surface area (Å²) >= 11 is 0. The summed E-state index contributed by atoms with van der Waals surface area (Å²) in [5.74, 6) is -0.0780. The molecule has 104 valence electrons. The van der Waals surface area contributed by atoms with Crippen LogP contribution in [0.25, 0.3) is 0 Å². The van der Waals surface area contributed by atoms with Crippen molar-refractivity contribution in [1.29, 1.82) is 0 Å². The van der Waals surface area contributed by atoms with Crippen LogP contribution >= 0.6 is 0 Å². The molecule has 0 aliphatic carbocycles. The Balaban J connectivity index is 2.14. The summed E-state index contributed by atoms with van der Waals surface area (Å²) in [6.45, 7) is 1.87. The lowest BCUT2D eigenvalue weighted by Crippen LogP contribution is -2.18. The van der Waals surface area contributed by atoms with Crippen molar-refractivity contribution in [1.82, 2.24) is 9.82 Å². The molecule has 0 radical (unpaired) electrons. The minimum absolute atomic E-state index is 0.0780. The number of hydrogen-bond acceptors (Lipinski definition) is 5. The Labute approximate surface area is 116 Å². The molecule has 6 nitrogen and oxygen atoms in total. The van der Waals surface area contributed by atoms with Crippen molar-refractivity contribution in [2.75, 3.05) is 0 Å². The molecule has 0 aliphatic rings. The van der Waals surface area contributed by atoms with Crippen molar-refractivity contribution in [3.63, 3.8) is 0 Å². The van der Waals surface area contributed by atoms with Gasteiger partial charge in [-0.05, 0) is 31.2 Å². The summed E-state index contributed by atoms with van der Waals surface area (Å²) in [5, 5.41) is 13.0. The van der Waals surface area contributed by atoms with E-state index in [-0.39, 0.29) is 16.3 Å². The predicted octanol–water partition coefficient (Wildman–Crippen LogP) is 1.41. The van der Waals surface area contributed by atoms with Crippen LogP contribution in [-0.2, 0) is 10.0 Å². The Morgan fingerprint density at radius 3 is 2.60 bits per heavy atom. The van der Waals surface area contributed by atoms with E-state index < -0.39 is 10.0 Å². The molecule has 7 heteroatoms. The highest BCUT2D eigenvalue weighted by Crippen LogP contribution is 2.11. The largest absolute Gasteiger partial charge is 0.506 e. The number of pyridine rings is 1. The van der Waals surface area contributed by atoms with Crippen LogP contribution in [0, 0.1) is 6.92 Å². The molecule has 0 amide bonds. The Morgan fingerprint density at radius 2 is 1.95 bits per heavy atom. The maximum absolute atomic E-state index is 11.9. The molecular formula is C13H13N3O3S. The number of nitrogens with one attached hydrogen (secondary N) is 1. The summed E-state index contributed by atoms with van der Waals surface area (Å²) in [4.78, 5) is 6.03. The second-order valence-electron chi connectivity index (χ2n) is 4.07. The zero-order chi connectivity index (χ0) is 14.6. The van der Waals surface area contributed by atoms with Gasteiger partial charge < -0.3 is 5.11 Å². The minimum atomic E-state index is -3.72. The van der Waals surface area contributed by atoms with Gasteiger partial charge in [-0.2, -0.15) is 13.5 Å². The molecular weight excluding hydrogens is 278 g/mol. The number of aryl methyl sites for hydroxylation is 1. The summed E-state index contributed by atoms with van der Waals surface area (Å²) in [6.07, 6.45) is 2.61. The van der Waals surface area contributed by atoms with Crippen LogP contribution in [0.2, 0.25) is 0 Å². The first-order valence-corrected chi connectivity index (χ1v) is 7.23. The molecule has 0 fully saturated rings. The van der Waals surface area contributed by atoms with Gasteiger partial charge >= 0.3 is 0 Å². The molecule has 0 unspecified atom stereocenters. The van der Waals surface area contributed by atoms with Crippen LogP contribution in [0.1, 0.15) is 11.3 Å². The van der Waals surface area contributed by atoms with Crippen molar-refractivity contribution in [2.24, 2.45) is 5.10 Å². The van der Waals surface area contributed by atoms with E-state index in [1.165, 1.54) is 24.4 Å². The third-order valence-corrected chi connectivity index (χ3v) is 3.75. The van der Waals surface area contributed by atoms with E-state index in [9.17, 15) is 13.5 Å². The molecule has 1 aromatic carbocycles. The molecule has 1 aromatic heterocycles. The fourth-order valence-electron chi connectivity index (χ4n) is 1.44. The average Bonchev–Trinajstić information content (AvgIpc) is 2.41. The van der Waals surface area contributed by atoms with Gasteiger partial charge in [0.25, 0.3) is 10.0 Å². The molecule has 0 saturated carbocycles. The van der Waals surface area contributed by atoms with E-state index in [1.807, 2.05) is 6.92 Å². The molecule has 0 atom stereocenters. The van der Waals surface area contributed by atoms with Gasteiger partial charge in [-0.3, -0.25) is 4.98 Å². The zero-order valence-corrected chi connectivity index (χ0v) is 11.5. The smallest absolute Gasteiger partial charge is 0.276 e. The molecule has 0 spiro atoms. The Kier molecular flexibility index (Phi) is 3.99. The van der Waals surface area contributed by atoms with Crippen LogP contribution in [0.15, 0.2) is 52.6 Å². The highest BCUT2D eigenvalue weighted by atomic mass is 32.2. The first-order chi connectivity index (χ1) is 9.49. The standard InChI is InChI=1S/C13H13N3O3S/c1-10-4-6-11(7-5-10)20(18,19)16-15-9-12-13(17)3-2-8-14-12/h2-9,16-17H,1H3/b15-9-. The summed E-state index contributed by atoms with van der Waals surface area (Å²) in [5.41, 5.74) is 1.14. The second-order valence-corrected chi connectivity index (χ2v) is 5.73. The maximum Gasteiger partial charge on any atom is 0.276 e. The third-order valence-electron chi connectivity index (χ3n) is 2.51. The van der Waals surface area contributed by atoms with E-state index in [2.05, 4.69) is 14.9 Å². The van der Waals surface area contributed by atoms with E-state index in [0.717, 1.165) is 11.8 Å². The minimum Gasteiger partial charge on any atom is -0.506 e. The van der Waals surface area contributed by atoms with Crippen LogP contribution in [0.4, 0.5) is 0 Å². The molecule has 2 aromatic rings. The first-order valence-electron chi connectivity index (χ1n) is 5.74. The molecule has 0 aliphatic heterocycles. The predicted molar refractivity (Wildman–Crippen MR) is 75.0 cm³/mol. The molecule has 0 saturated heterocycles. The van der Waals surface area contributed by atoms with Gasteiger partial charge in [0.2, 0.25) is 0 Å². The highest BCUT2D eigenvalue weighted by Gasteiger charge is 2.11. The van der Waals surface area contributed by atoms with Crippen molar-refractivity contribution < 1.29 is 13.5 Å². The van der Waals surface area contributed by atoms with E-state index in [0.29, 0.717) is 0 Å². The van der Waals surface area contributed by atoms with Crippen molar-refractivity contribution >= 4 is 16.2 Å². The fraction of sp³-hybridized carbons (Fsp3) is 0.0769. The quantitative estimate of drug-likeness (QED) is 0.658. The van der Waals surface area contributed by atoms with E-state index in [1.54, 1.807) is 18.2 Å². The SMILES string of the molecule is Cc1ccc(S(=O)(=O)N/N=C\c2ncccc2O)cc1. The van der Waals surface area contributed by atoms with Gasteiger partial charge in [-0.1, -0.05) is 17.7 Å². The number of aromatic hydroxyl groups is 1. The highest BCUT2D eigenvalue weighted by molar-refractivity contribution is 7.89. The van der Waals surface area contributed by atoms with E-state index >= 15 is 0 Å². The fourth-order valence-corrected chi connectivity index (χ4v) is 2.23. The van der Waals surface area contributed by atoms with Crippen molar-refractivity contribution in [2.45, 2.75) is 11.8 Å². The molecule has 2 rings (SSSR count). The number of nitrogens with zero attached hydrogens (tertiary/aromatic N) is 2. The van der Waals surface area contributed by atoms with Crippen molar-refractivity contribution in [3.8, 4) is 5.75 Å². The van der Waals surface area contributed by atoms with Crippen LogP contribution in [0.3, 0.4) is 0 Å². The van der Waals surface area contributed by atoms with Gasteiger partial charge in [0, 0.05) is 6.20 Å². The number of aromatic nitrogens is 1. The normalized spacial score (nSPS) is 11.7. The number of hydrogen-bond donors (Lipinski definition) is 2. The van der Waals surface area contributed by atoms with Gasteiger partial charge in [0.15, 0.2) is 0 Å². The third kappa shape index (κ3) is 3.33. The number of rotatable bonds is 4. The lowest BCUT2D eigenvalue weighted by molar-refractivity contribution is 0.471. The molecule has 20 heavy (non-hydrogen) atoms. The lowest BCUT2D eigenvalue weighted by atomic mass is 10.2. The summed E-state index contributed by atoms with van der Waals surface area (Å²) in [6, 6.07) is 9.37. The van der Waals surface area contributed by atoms with Crippen LogP contribution in [0.5, 0.6) is 5.75 Å². The van der Waals surface area contributed by atoms with Crippen LogP contribution < -0.4 is 4.83 Å². The first kappa shape index (κ1) is 14.0. The summed E-state index contributed by atoms with van der Waals surface area (Å²) in [7, 11) is -3.72. The average molecular weight is 291 g/mol. The van der Waals surface area contributed by atoms with Gasteiger partial charge in [-0.25, -0.2) is 4.83 Å². The monoisotopic (exact) mass is 291 g/mol. The van der Waals surface area contributed by atoms with Crippen LogP contribution in [-0.4, -0.2) is 24.7 Å². The molecule has 2 N–H and O–H groups in total. The second kappa shape index (κ2) is 5.70. The molecule has 0 bridgehead atoms. The Morgan fingerprint density at radius 1 is 1.25 bits per heavy atom. The maximum atomic E-state index is 11.9.